The van der Waals surface area contributed by atoms with Gasteiger partial charge in [0.25, 0.3) is 23.2 Å². The van der Waals surface area contributed by atoms with Gasteiger partial charge in [0.1, 0.15) is 10.6 Å². The smallest absolute Gasteiger partial charge is 0.289 e. The second-order valence-corrected chi connectivity index (χ2v) is 7.70. The minimum Gasteiger partial charge on any atom is -0.365 e. The van der Waals surface area contributed by atoms with Gasteiger partial charge in [-0.15, -0.1) is 11.3 Å². The third kappa shape index (κ3) is 3.56. The van der Waals surface area contributed by atoms with Crippen molar-refractivity contribution in [2.45, 2.75) is 26.2 Å². The fourth-order valence-electron chi connectivity index (χ4n) is 3.25. The van der Waals surface area contributed by atoms with Gasteiger partial charge in [0.05, 0.1) is 21.5 Å². The van der Waals surface area contributed by atoms with Crippen molar-refractivity contribution in [1.29, 1.82) is 0 Å². The standard InChI is InChI=1S/C17H16N4O6S/c1-8-2-5-13-11(6-8)14(15(18)22)17(28-13)19-16(23)10-4-3-9(20(24)25)7-12(10)21(26)27/h3-4,7-8H,2,5-6H2,1H3,(H2,18,22)(H,19,23)/t8-/m0/s1. The molecule has 0 radical (unpaired) electrons. The Kier molecular flexibility index (Phi) is 5.10. The summed E-state index contributed by atoms with van der Waals surface area (Å²) in [5.74, 6) is -1.14. The summed E-state index contributed by atoms with van der Waals surface area (Å²) in [6.45, 7) is 2.06. The number of nitro groups is 2. The average Bonchev–Trinajstić information content (AvgIpc) is 2.97. The maximum absolute atomic E-state index is 12.6. The summed E-state index contributed by atoms with van der Waals surface area (Å²) in [6.07, 6.45) is 2.37. The van der Waals surface area contributed by atoms with Gasteiger partial charge in [-0.1, -0.05) is 6.92 Å². The first-order valence-electron chi connectivity index (χ1n) is 8.37. The second kappa shape index (κ2) is 7.35. The summed E-state index contributed by atoms with van der Waals surface area (Å²) in [5.41, 5.74) is 5.01. The summed E-state index contributed by atoms with van der Waals surface area (Å²) >= 11 is 1.23. The van der Waals surface area contributed by atoms with Crippen LogP contribution in [0, 0.1) is 26.1 Å². The lowest BCUT2D eigenvalue weighted by Gasteiger charge is -2.18. The number of rotatable bonds is 5. The minimum absolute atomic E-state index is 0.226. The van der Waals surface area contributed by atoms with Gasteiger partial charge in [-0.25, -0.2) is 0 Å². The largest absolute Gasteiger partial charge is 0.365 e. The monoisotopic (exact) mass is 404 g/mol. The van der Waals surface area contributed by atoms with Gasteiger partial charge in [-0.05, 0) is 36.8 Å². The molecule has 0 saturated heterocycles. The zero-order valence-electron chi connectivity index (χ0n) is 14.8. The van der Waals surface area contributed by atoms with E-state index in [-0.39, 0.29) is 16.1 Å². The van der Waals surface area contributed by atoms with Gasteiger partial charge in [0.15, 0.2) is 0 Å². The molecule has 10 nitrogen and oxygen atoms in total. The fourth-order valence-corrected chi connectivity index (χ4v) is 4.50. The highest BCUT2D eigenvalue weighted by atomic mass is 32.1. The van der Waals surface area contributed by atoms with E-state index in [1.807, 2.05) is 0 Å². The molecule has 2 aromatic rings. The summed E-state index contributed by atoms with van der Waals surface area (Å²) < 4.78 is 0. The number of nitro benzene ring substituents is 2. The predicted octanol–water partition coefficient (Wildman–Crippen LogP) is 3.04. The normalized spacial score (nSPS) is 15.5. The molecule has 146 valence electrons. The number of amides is 2. The lowest BCUT2D eigenvalue weighted by Crippen LogP contribution is -2.20. The van der Waals surface area contributed by atoms with E-state index in [1.165, 1.54) is 11.3 Å². The van der Waals surface area contributed by atoms with Gasteiger partial charge in [-0.3, -0.25) is 29.8 Å². The Balaban J connectivity index is 1.99. The number of nitrogens with one attached hydrogen (secondary N) is 1. The molecule has 1 aromatic heterocycles. The molecule has 1 atom stereocenters. The molecule has 0 unspecified atom stereocenters. The van der Waals surface area contributed by atoms with Crippen molar-refractivity contribution in [2.24, 2.45) is 11.7 Å². The van der Waals surface area contributed by atoms with Crippen LogP contribution in [-0.4, -0.2) is 21.7 Å². The fraction of sp³-hybridized carbons (Fsp3) is 0.294. The van der Waals surface area contributed by atoms with E-state index in [2.05, 4.69) is 12.2 Å². The number of hydrogen-bond donors (Lipinski definition) is 2. The number of benzene rings is 1. The Hall–Kier alpha value is -3.34. The van der Waals surface area contributed by atoms with E-state index in [1.54, 1.807) is 0 Å². The number of anilines is 1. The zero-order chi connectivity index (χ0) is 20.6. The van der Waals surface area contributed by atoms with E-state index >= 15 is 0 Å². The molecule has 0 spiro atoms. The molecule has 3 N–H and O–H groups in total. The van der Waals surface area contributed by atoms with Gasteiger partial charge in [0.2, 0.25) is 0 Å². The van der Waals surface area contributed by atoms with Gasteiger partial charge < -0.3 is 11.1 Å². The van der Waals surface area contributed by atoms with Crippen LogP contribution in [0.15, 0.2) is 18.2 Å². The van der Waals surface area contributed by atoms with Crippen LogP contribution >= 0.6 is 11.3 Å². The highest BCUT2D eigenvalue weighted by Crippen LogP contribution is 2.40. The molecule has 1 aliphatic carbocycles. The highest BCUT2D eigenvalue weighted by Gasteiger charge is 2.29. The molecule has 1 aliphatic rings. The van der Waals surface area contributed by atoms with Gasteiger partial charge >= 0.3 is 0 Å². The molecular weight excluding hydrogens is 388 g/mol. The molecule has 2 amide bonds. The number of nitrogens with two attached hydrogens (primary N) is 1. The minimum atomic E-state index is -0.863. The van der Waals surface area contributed by atoms with Crippen LogP contribution in [0.2, 0.25) is 0 Å². The van der Waals surface area contributed by atoms with E-state index < -0.39 is 33.0 Å². The van der Waals surface area contributed by atoms with Crippen LogP contribution < -0.4 is 11.1 Å². The van der Waals surface area contributed by atoms with Crippen LogP contribution in [0.3, 0.4) is 0 Å². The van der Waals surface area contributed by atoms with Crippen LogP contribution in [0.5, 0.6) is 0 Å². The van der Waals surface area contributed by atoms with E-state index in [9.17, 15) is 29.8 Å². The van der Waals surface area contributed by atoms with Crippen molar-refractivity contribution < 1.29 is 19.4 Å². The van der Waals surface area contributed by atoms with Crippen LogP contribution in [0.25, 0.3) is 0 Å². The number of nitrogens with zero attached hydrogens (tertiary/aromatic N) is 2. The van der Waals surface area contributed by atoms with Crippen molar-refractivity contribution >= 4 is 39.5 Å². The summed E-state index contributed by atoms with van der Waals surface area (Å²) in [6, 6.07) is 2.76. The SMILES string of the molecule is C[C@H]1CCc2sc(NC(=O)c3ccc([N+](=O)[O-])cc3[N+](=O)[O-])c(C(N)=O)c2C1. The molecule has 0 saturated carbocycles. The van der Waals surface area contributed by atoms with Gasteiger partial charge in [-0.2, -0.15) is 0 Å². The van der Waals surface area contributed by atoms with Crippen molar-refractivity contribution in [3.63, 3.8) is 0 Å². The Labute approximate surface area is 162 Å². The van der Waals surface area contributed by atoms with Gasteiger partial charge in [0, 0.05) is 10.9 Å². The molecule has 0 bridgehead atoms. The number of fused-ring (bicyclic) bond motifs is 1. The topological polar surface area (TPSA) is 158 Å². The maximum Gasteiger partial charge on any atom is 0.289 e. The second-order valence-electron chi connectivity index (χ2n) is 6.59. The van der Waals surface area contributed by atoms with Crippen molar-refractivity contribution in [3.05, 3.63) is 60.0 Å². The van der Waals surface area contributed by atoms with Crippen molar-refractivity contribution in [2.75, 3.05) is 5.32 Å². The van der Waals surface area contributed by atoms with Crippen molar-refractivity contribution in [1.82, 2.24) is 0 Å². The predicted molar refractivity (Wildman–Crippen MR) is 102 cm³/mol. The number of aryl methyl sites for hydroxylation is 1. The average molecular weight is 404 g/mol. The number of carbonyl (C=O) groups excluding carboxylic acids is 2. The summed E-state index contributed by atoms with van der Waals surface area (Å²) in [7, 11) is 0. The molecule has 0 fully saturated rings. The molecule has 3 rings (SSSR count). The van der Waals surface area contributed by atoms with E-state index in [0.29, 0.717) is 12.3 Å². The first-order valence-corrected chi connectivity index (χ1v) is 9.19. The molecule has 0 aliphatic heterocycles. The zero-order valence-corrected chi connectivity index (χ0v) is 15.6. The van der Waals surface area contributed by atoms with Crippen molar-refractivity contribution in [3.8, 4) is 0 Å². The Bertz CT molecular complexity index is 1020. The Morgan fingerprint density at radius 2 is 1.96 bits per heavy atom. The number of hydrogen-bond acceptors (Lipinski definition) is 7. The number of non-ortho nitro benzene ring substituents is 1. The van der Waals surface area contributed by atoms with E-state index in [4.69, 9.17) is 5.73 Å². The Morgan fingerprint density at radius 3 is 2.57 bits per heavy atom. The lowest BCUT2D eigenvalue weighted by molar-refractivity contribution is -0.394. The number of thiophene rings is 1. The van der Waals surface area contributed by atoms with Crippen LogP contribution in [0.4, 0.5) is 16.4 Å². The van der Waals surface area contributed by atoms with Crippen LogP contribution in [0.1, 0.15) is 44.5 Å². The third-order valence-electron chi connectivity index (χ3n) is 4.61. The molecule has 1 heterocycles. The lowest BCUT2D eigenvalue weighted by atomic mass is 9.87. The quantitative estimate of drug-likeness (QED) is 0.575. The third-order valence-corrected chi connectivity index (χ3v) is 5.82. The maximum atomic E-state index is 12.6. The summed E-state index contributed by atoms with van der Waals surface area (Å²) in [4.78, 5) is 46.0. The number of carbonyl (C=O) groups is 2. The molecule has 28 heavy (non-hydrogen) atoms. The first-order chi connectivity index (χ1) is 13.2. The number of primary amides is 1. The molecule has 11 heteroatoms. The first kappa shape index (κ1) is 19.4. The summed E-state index contributed by atoms with van der Waals surface area (Å²) in [5, 5.41) is 24.9. The highest BCUT2D eigenvalue weighted by molar-refractivity contribution is 7.17. The van der Waals surface area contributed by atoms with E-state index in [0.717, 1.165) is 41.5 Å². The Morgan fingerprint density at radius 1 is 1.25 bits per heavy atom. The molecule has 1 aromatic carbocycles. The molecular formula is C17H16N4O6S. The van der Waals surface area contributed by atoms with Crippen LogP contribution in [-0.2, 0) is 12.8 Å².